The minimum absolute atomic E-state index is 0.215. The molecule has 0 amide bonds. The number of piperidine rings is 1. The van der Waals surface area contributed by atoms with E-state index in [9.17, 15) is 4.79 Å². The molecule has 3 heteroatoms. The van der Waals surface area contributed by atoms with Crippen molar-refractivity contribution in [2.75, 3.05) is 26.7 Å². The number of hydrogen-bond acceptors (Lipinski definition) is 3. The Morgan fingerprint density at radius 3 is 2.78 bits per heavy atom. The summed E-state index contributed by atoms with van der Waals surface area (Å²) in [6.45, 7) is 4.53. The van der Waals surface area contributed by atoms with Crippen LogP contribution in [0.1, 0.15) is 41.6 Å². The van der Waals surface area contributed by atoms with Gasteiger partial charge in [-0.2, -0.15) is 0 Å². The first kappa shape index (κ1) is 13.1. The van der Waals surface area contributed by atoms with Crippen molar-refractivity contribution in [1.29, 1.82) is 0 Å². The van der Waals surface area contributed by atoms with Gasteiger partial charge < -0.3 is 9.64 Å². The van der Waals surface area contributed by atoms with Crippen molar-refractivity contribution in [2.24, 2.45) is 0 Å². The van der Waals surface area contributed by atoms with Crippen molar-refractivity contribution in [1.82, 2.24) is 4.90 Å². The van der Waals surface area contributed by atoms with Crippen LogP contribution in [0.2, 0.25) is 0 Å². The third-order valence-electron chi connectivity index (χ3n) is 3.59. The summed E-state index contributed by atoms with van der Waals surface area (Å²) in [6, 6.07) is 7.91. The van der Waals surface area contributed by atoms with E-state index in [1.165, 1.54) is 18.4 Å². The number of ether oxygens (including phenoxy) is 1. The molecule has 0 N–H and O–H groups in total. The van der Waals surface area contributed by atoms with Crippen LogP contribution in [0.4, 0.5) is 0 Å². The number of nitrogens with zero attached hydrogens (tertiary/aromatic N) is 1. The Morgan fingerprint density at radius 2 is 2.11 bits per heavy atom. The molecule has 2 rings (SSSR count). The topological polar surface area (TPSA) is 29.5 Å². The zero-order chi connectivity index (χ0) is 13.0. The highest BCUT2D eigenvalue weighted by molar-refractivity contribution is 5.89. The molecule has 0 radical (unpaired) electrons. The first-order valence-corrected chi connectivity index (χ1v) is 6.66. The third kappa shape index (κ3) is 3.10. The predicted molar refractivity (Wildman–Crippen MR) is 71.9 cm³/mol. The van der Waals surface area contributed by atoms with E-state index in [0.717, 1.165) is 13.1 Å². The van der Waals surface area contributed by atoms with Crippen LogP contribution in [0.25, 0.3) is 0 Å². The van der Waals surface area contributed by atoms with E-state index < -0.39 is 0 Å². The highest BCUT2D eigenvalue weighted by Crippen LogP contribution is 2.28. The Bertz CT molecular complexity index is 409. The number of likely N-dealkylation sites (tertiary alicyclic amines) is 1. The Morgan fingerprint density at radius 1 is 1.39 bits per heavy atom. The van der Waals surface area contributed by atoms with Gasteiger partial charge in [0, 0.05) is 0 Å². The Kier molecular flexibility index (Phi) is 4.37. The van der Waals surface area contributed by atoms with Crippen molar-refractivity contribution in [3.63, 3.8) is 0 Å². The van der Waals surface area contributed by atoms with Crippen LogP contribution in [0.15, 0.2) is 24.3 Å². The highest BCUT2D eigenvalue weighted by Gasteiger charge is 2.19. The second-order valence-corrected chi connectivity index (χ2v) is 4.92. The van der Waals surface area contributed by atoms with Gasteiger partial charge in [-0.15, -0.1) is 0 Å². The standard InChI is InChI=1S/C15H21NO2/c1-3-18-15(17)14-6-4-5-13(11-14)12-7-9-16(2)10-8-12/h4-6,11-12H,3,7-10H2,1-2H3. The van der Waals surface area contributed by atoms with Gasteiger partial charge in [-0.25, -0.2) is 4.79 Å². The molecule has 18 heavy (non-hydrogen) atoms. The van der Waals surface area contributed by atoms with Gasteiger partial charge >= 0.3 is 5.97 Å². The molecule has 0 atom stereocenters. The smallest absolute Gasteiger partial charge is 0.338 e. The molecule has 0 aromatic heterocycles. The summed E-state index contributed by atoms with van der Waals surface area (Å²) in [4.78, 5) is 14.1. The summed E-state index contributed by atoms with van der Waals surface area (Å²) in [5, 5.41) is 0. The van der Waals surface area contributed by atoms with Crippen molar-refractivity contribution < 1.29 is 9.53 Å². The Hall–Kier alpha value is -1.35. The van der Waals surface area contributed by atoms with Gasteiger partial charge in [-0.3, -0.25) is 0 Å². The van der Waals surface area contributed by atoms with Crippen molar-refractivity contribution in [2.45, 2.75) is 25.7 Å². The molecule has 0 spiro atoms. The first-order valence-electron chi connectivity index (χ1n) is 6.66. The fourth-order valence-corrected chi connectivity index (χ4v) is 2.48. The van der Waals surface area contributed by atoms with Gasteiger partial charge in [0.25, 0.3) is 0 Å². The number of hydrogen-bond donors (Lipinski definition) is 0. The van der Waals surface area contributed by atoms with Crippen LogP contribution in [-0.2, 0) is 4.74 Å². The fraction of sp³-hybridized carbons (Fsp3) is 0.533. The molecule has 0 aliphatic carbocycles. The third-order valence-corrected chi connectivity index (χ3v) is 3.59. The molecule has 0 saturated carbocycles. The Labute approximate surface area is 109 Å². The van der Waals surface area contributed by atoms with Crippen LogP contribution in [0, 0.1) is 0 Å². The summed E-state index contributed by atoms with van der Waals surface area (Å²) >= 11 is 0. The zero-order valence-corrected chi connectivity index (χ0v) is 11.2. The maximum atomic E-state index is 11.7. The molecule has 3 nitrogen and oxygen atoms in total. The summed E-state index contributed by atoms with van der Waals surface area (Å²) in [6.07, 6.45) is 2.34. The molecular formula is C15H21NO2. The first-order chi connectivity index (χ1) is 8.70. The number of carbonyl (C=O) groups is 1. The van der Waals surface area contributed by atoms with Crippen LogP contribution >= 0.6 is 0 Å². The van der Waals surface area contributed by atoms with Crippen molar-refractivity contribution in [3.05, 3.63) is 35.4 Å². The molecule has 1 aromatic rings. The monoisotopic (exact) mass is 247 g/mol. The molecule has 1 aliphatic rings. The molecule has 1 fully saturated rings. The largest absolute Gasteiger partial charge is 0.462 e. The van der Waals surface area contributed by atoms with Crippen molar-refractivity contribution in [3.8, 4) is 0 Å². The van der Waals surface area contributed by atoms with Gasteiger partial charge in [-0.05, 0) is 63.5 Å². The minimum Gasteiger partial charge on any atom is -0.462 e. The summed E-state index contributed by atoms with van der Waals surface area (Å²) in [7, 11) is 2.16. The minimum atomic E-state index is -0.215. The van der Waals surface area contributed by atoms with E-state index in [4.69, 9.17) is 4.74 Å². The average Bonchev–Trinajstić information content (AvgIpc) is 2.40. The van der Waals surface area contributed by atoms with Crippen molar-refractivity contribution >= 4 is 5.97 Å². The lowest BCUT2D eigenvalue weighted by molar-refractivity contribution is 0.0526. The SMILES string of the molecule is CCOC(=O)c1cccc(C2CCN(C)CC2)c1. The number of rotatable bonds is 3. The predicted octanol–water partition coefficient (Wildman–Crippen LogP) is 2.67. The quantitative estimate of drug-likeness (QED) is 0.769. The van der Waals surface area contributed by atoms with E-state index in [2.05, 4.69) is 18.0 Å². The molecule has 0 bridgehead atoms. The summed E-state index contributed by atoms with van der Waals surface area (Å²) in [5.41, 5.74) is 1.95. The number of carbonyl (C=O) groups excluding carboxylic acids is 1. The normalized spacial score (nSPS) is 17.7. The average molecular weight is 247 g/mol. The lowest BCUT2D eigenvalue weighted by Gasteiger charge is -2.29. The summed E-state index contributed by atoms with van der Waals surface area (Å²) < 4.78 is 5.04. The van der Waals surface area contributed by atoms with E-state index in [-0.39, 0.29) is 5.97 Å². The second kappa shape index (κ2) is 6.01. The lowest BCUT2D eigenvalue weighted by Crippen LogP contribution is -2.29. The van der Waals surface area contributed by atoms with Crippen LogP contribution < -0.4 is 0 Å². The van der Waals surface area contributed by atoms with Gasteiger partial charge in [0.1, 0.15) is 0 Å². The van der Waals surface area contributed by atoms with E-state index in [1.54, 1.807) is 0 Å². The molecular weight excluding hydrogens is 226 g/mol. The molecule has 1 saturated heterocycles. The van der Waals surface area contributed by atoms with Gasteiger partial charge in [0.05, 0.1) is 12.2 Å². The Balaban J connectivity index is 2.09. The lowest BCUT2D eigenvalue weighted by atomic mass is 9.89. The molecule has 98 valence electrons. The van der Waals surface area contributed by atoms with Gasteiger partial charge in [0.15, 0.2) is 0 Å². The fourth-order valence-electron chi connectivity index (χ4n) is 2.48. The van der Waals surface area contributed by atoms with Gasteiger partial charge in [-0.1, -0.05) is 12.1 Å². The van der Waals surface area contributed by atoms with Gasteiger partial charge in [0.2, 0.25) is 0 Å². The summed E-state index contributed by atoms with van der Waals surface area (Å²) in [5.74, 6) is 0.364. The highest BCUT2D eigenvalue weighted by atomic mass is 16.5. The molecule has 1 heterocycles. The van der Waals surface area contributed by atoms with E-state index in [1.807, 2.05) is 25.1 Å². The van der Waals surface area contributed by atoms with Crippen LogP contribution in [0.5, 0.6) is 0 Å². The van der Waals surface area contributed by atoms with E-state index in [0.29, 0.717) is 18.1 Å². The number of benzene rings is 1. The van der Waals surface area contributed by atoms with Crippen LogP contribution in [-0.4, -0.2) is 37.6 Å². The molecule has 1 aliphatic heterocycles. The number of esters is 1. The van der Waals surface area contributed by atoms with E-state index >= 15 is 0 Å². The molecule has 1 aromatic carbocycles. The maximum absolute atomic E-state index is 11.7. The second-order valence-electron chi connectivity index (χ2n) is 4.92. The maximum Gasteiger partial charge on any atom is 0.338 e. The zero-order valence-electron chi connectivity index (χ0n) is 11.2. The van der Waals surface area contributed by atoms with Crippen LogP contribution in [0.3, 0.4) is 0 Å². The molecule has 0 unspecified atom stereocenters.